The maximum Gasteiger partial charge on any atom is 0.326 e. The number of hydrogen-bond acceptors (Lipinski definition) is 3. The van der Waals surface area contributed by atoms with Gasteiger partial charge in [0, 0.05) is 13.3 Å². The third-order valence-electron chi connectivity index (χ3n) is 2.41. The number of carboxylic acid groups (broad SMARTS) is 1. The number of aliphatic carboxylic acids is 1. The smallest absolute Gasteiger partial charge is 0.326 e. The van der Waals surface area contributed by atoms with Gasteiger partial charge < -0.3 is 15.2 Å². The zero-order valence-corrected chi connectivity index (χ0v) is 11.3. The first-order valence-electron chi connectivity index (χ1n) is 6.14. The lowest BCUT2D eigenvalue weighted by molar-refractivity contribution is -0.141. The molecule has 0 aliphatic heterocycles. The van der Waals surface area contributed by atoms with E-state index in [1.807, 2.05) is 13.8 Å². The molecule has 0 fully saturated rings. The van der Waals surface area contributed by atoms with Crippen LogP contribution in [0.15, 0.2) is 24.3 Å². The topological polar surface area (TPSA) is 75.6 Å². The van der Waals surface area contributed by atoms with Crippen LogP contribution in [0.5, 0.6) is 5.75 Å². The summed E-state index contributed by atoms with van der Waals surface area (Å²) in [5.41, 5.74) is 0.831. The summed E-state index contributed by atoms with van der Waals surface area (Å²) in [6.07, 6.45) is 0.341. The number of nitrogens with one attached hydrogen (secondary N) is 1. The van der Waals surface area contributed by atoms with Crippen LogP contribution in [-0.2, 0) is 16.0 Å². The molecule has 0 aromatic heterocycles. The lowest BCUT2D eigenvalue weighted by atomic mass is 10.1. The summed E-state index contributed by atoms with van der Waals surface area (Å²) >= 11 is 0. The minimum atomic E-state index is -1.04. The SMILES string of the molecule is CC(=O)N[C@@H](Cc1ccc(OC(C)C)cc1)C(=O)O. The summed E-state index contributed by atoms with van der Waals surface area (Å²) in [4.78, 5) is 21.9. The number of ether oxygens (including phenoxy) is 1. The molecule has 1 atom stereocenters. The lowest BCUT2D eigenvalue weighted by Gasteiger charge is -2.14. The second-order valence-corrected chi connectivity index (χ2v) is 4.61. The van der Waals surface area contributed by atoms with Crippen LogP contribution in [0.4, 0.5) is 0 Å². The van der Waals surface area contributed by atoms with Crippen molar-refractivity contribution in [3.05, 3.63) is 29.8 Å². The van der Waals surface area contributed by atoms with Crippen LogP contribution in [0.3, 0.4) is 0 Å². The minimum absolute atomic E-state index is 0.0944. The highest BCUT2D eigenvalue weighted by atomic mass is 16.5. The Hall–Kier alpha value is -2.04. The summed E-state index contributed by atoms with van der Waals surface area (Å²) in [7, 11) is 0. The van der Waals surface area contributed by atoms with Crippen LogP contribution in [0.25, 0.3) is 0 Å². The second kappa shape index (κ2) is 6.78. The molecule has 0 bridgehead atoms. The Morgan fingerprint density at radius 2 is 1.84 bits per heavy atom. The van der Waals surface area contributed by atoms with E-state index in [9.17, 15) is 9.59 Å². The van der Waals surface area contributed by atoms with Crippen molar-refractivity contribution >= 4 is 11.9 Å². The number of carboxylic acids is 1. The molecule has 0 spiro atoms. The van der Waals surface area contributed by atoms with E-state index in [0.717, 1.165) is 11.3 Å². The van der Waals surface area contributed by atoms with Gasteiger partial charge in [0.25, 0.3) is 0 Å². The van der Waals surface area contributed by atoms with Gasteiger partial charge in [-0.15, -0.1) is 0 Å². The van der Waals surface area contributed by atoms with Gasteiger partial charge in [-0.25, -0.2) is 4.79 Å². The Bertz CT molecular complexity index is 439. The molecule has 0 heterocycles. The molecule has 19 heavy (non-hydrogen) atoms. The number of hydrogen-bond donors (Lipinski definition) is 2. The lowest BCUT2D eigenvalue weighted by Crippen LogP contribution is -2.41. The largest absolute Gasteiger partial charge is 0.491 e. The highest BCUT2D eigenvalue weighted by molar-refractivity contribution is 5.82. The Labute approximate surface area is 112 Å². The van der Waals surface area contributed by atoms with Gasteiger partial charge in [-0.2, -0.15) is 0 Å². The number of carbonyl (C=O) groups excluding carboxylic acids is 1. The van der Waals surface area contributed by atoms with Crippen LogP contribution < -0.4 is 10.1 Å². The average molecular weight is 265 g/mol. The quantitative estimate of drug-likeness (QED) is 0.819. The highest BCUT2D eigenvalue weighted by Gasteiger charge is 2.18. The summed E-state index contributed by atoms with van der Waals surface area (Å²) < 4.78 is 5.50. The van der Waals surface area contributed by atoms with Crippen molar-refractivity contribution in [1.82, 2.24) is 5.32 Å². The van der Waals surface area contributed by atoms with E-state index in [4.69, 9.17) is 9.84 Å². The zero-order valence-electron chi connectivity index (χ0n) is 11.3. The molecule has 0 aliphatic rings. The Kier molecular flexibility index (Phi) is 5.36. The van der Waals surface area contributed by atoms with Gasteiger partial charge in [0.2, 0.25) is 5.91 Å². The summed E-state index contributed by atoms with van der Waals surface area (Å²) in [5.74, 6) is -0.657. The van der Waals surface area contributed by atoms with Crippen LogP contribution in [-0.4, -0.2) is 29.1 Å². The molecule has 0 unspecified atom stereocenters. The highest BCUT2D eigenvalue weighted by Crippen LogP contribution is 2.15. The molecule has 0 aliphatic carbocycles. The van der Waals surface area contributed by atoms with Crippen LogP contribution in [0, 0.1) is 0 Å². The minimum Gasteiger partial charge on any atom is -0.491 e. The molecule has 0 saturated heterocycles. The van der Waals surface area contributed by atoms with E-state index < -0.39 is 12.0 Å². The van der Waals surface area contributed by atoms with Crippen LogP contribution in [0.2, 0.25) is 0 Å². The monoisotopic (exact) mass is 265 g/mol. The molecule has 2 N–H and O–H groups in total. The number of carbonyl (C=O) groups is 2. The normalized spacial score (nSPS) is 12.0. The predicted octanol–water partition coefficient (Wildman–Crippen LogP) is 1.61. The van der Waals surface area contributed by atoms with Crippen molar-refractivity contribution in [3.63, 3.8) is 0 Å². The van der Waals surface area contributed by atoms with Crippen molar-refractivity contribution in [2.45, 2.75) is 39.3 Å². The summed E-state index contributed by atoms with van der Waals surface area (Å²) in [5, 5.41) is 11.4. The van der Waals surface area contributed by atoms with E-state index in [2.05, 4.69) is 5.32 Å². The van der Waals surface area contributed by atoms with Crippen molar-refractivity contribution in [2.75, 3.05) is 0 Å². The fourth-order valence-corrected chi connectivity index (χ4v) is 1.66. The fourth-order valence-electron chi connectivity index (χ4n) is 1.66. The third-order valence-corrected chi connectivity index (χ3v) is 2.41. The predicted molar refractivity (Wildman–Crippen MR) is 71.2 cm³/mol. The molecule has 5 nitrogen and oxygen atoms in total. The van der Waals surface area contributed by atoms with Crippen molar-refractivity contribution in [3.8, 4) is 5.75 Å². The van der Waals surface area contributed by atoms with Gasteiger partial charge in [-0.3, -0.25) is 4.79 Å². The van der Waals surface area contributed by atoms with Gasteiger partial charge in [-0.1, -0.05) is 12.1 Å². The molecular weight excluding hydrogens is 246 g/mol. The number of amides is 1. The van der Waals surface area contributed by atoms with Gasteiger partial charge in [-0.05, 0) is 31.5 Å². The van der Waals surface area contributed by atoms with Crippen molar-refractivity contribution in [1.29, 1.82) is 0 Å². The molecule has 0 saturated carbocycles. The fraction of sp³-hybridized carbons (Fsp3) is 0.429. The Morgan fingerprint density at radius 1 is 1.26 bits per heavy atom. The van der Waals surface area contributed by atoms with Crippen molar-refractivity contribution in [2.24, 2.45) is 0 Å². The maximum absolute atomic E-state index is 11.0. The average Bonchev–Trinajstić information content (AvgIpc) is 2.29. The van der Waals surface area contributed by atoms with E-state index in [1.165, 1.54) is 6.92 Å². The molecule has 1 aromatic carbocycles. The Balaban J connectivity index is 2.69. The molecule has 104 valence electrons. The molecular formula is C14H19NO4. The number of benzene rings is 1. The zero-order chi connectivity index (χ0) is 14.4. The van der Waals surface area contributed by atoms with Gasteiger partial charge in [0.05, 0.1) is 6.10 Å². The van der Waals surface area contributed by atoms with Gasteiger partial charge in [0.15, 0.2) is 0 Å². The molecule has 1 amide bonds. The molecule has 0 radical (unpaired) electrons. The third kappa shape index (κ3) is 5.42. The van der Waals surface area contributed by atoms with Crippen LogP contribution in [0.1, 0.15) is 26.3 Å². The van der Waals surface area contributed by atoms with Gasteiger partial charge in [0.1, 0.15) is 11.8 Å². The summed E-state index contributed by atoms with van der Waals surface area (Å²) in [6, 6.07) is 6.28. The first kappa shape index (κ1) is 15.0. The second-order valence-electron chi connectivity index (χ2n) is 4.61. The Morgan fingerprint density at radius 3 is 2.26 bits per heavy atom. The van der Waals surface area contributed by atoms with E-state index >= 15 is 0 Å². The van der Waals surface area contributed by atoms with E-state index in [1.54, 1.807) is 24.3 Å². The summed E-state index contributed by atoms with van der Waals surface area (Å²) in [6.45, 7) is 5.17. The molecule has 1 rings (SSSR count). The van der Waals surface area contributed by atoms with Crippen molar-refractivity contribution < 1.29 is 19.4 Å². The number of rotatable bonds is 6. The van der Waals surface area contributed by atoms with E-state index in [0.29, 0.717) is 0 Å². The first-order valence-corrected chi connectivity index (χ1v) is 6.14. The van der Waals surface area contributed by atoms with Gasteiger partial charge >= 0.3 is 5.97 Å². The standard InChI is InChI=1S/C14H19NO4/c1-9(2)19-12-6-4-11(5-7-12)8-13(14(17)18)15-10(3)16/h4-7,9,13H,8H2,1-3H3,(H,15,16)(H,17,18)/t13-/m0/s1. The molecule has 1 aromatic rings. The molecule has 5 heteroatoms. The van der Waals surface area contributed by atoms with E-state index in [-0.39, 0.29) is 18.4 Å². The van der Waals surface area contributed by atoms with Crippen LogP contribution >= 0.6 is 0 Å². The first-order chi connectivity index (χ1) is 8.88. The maximum atomic E-state index is 11.0.